The number of hydrogen-bond acceptors (Lipinski definition) is 3. The maximum Gasteiger partial charge on any atom is 0.122 e. The summed E-state index contributed by atoms with van der Waals surface area (Å²) in [5, 5.41) is 0. The Morgan fingerprint density at radius 1 is 1.50 bits per heavy atom. The van der Waals surface area contributed by atoms with Crippen molar-refractivity contribution in [3.05, 3.63) is 23.7 Å². The van der Waals surface area contributed by atoms with Gasteiger partial charge in [-0.05, 0) is 45.5 Å². The number of likely N-dealkylation sites (tertiary alicyclic amines) is 1. The number of hydrogen-bond donors (Lipinski definition) is 1. The van der Waals surface area contributed by atoms with E-state index in [-0.39, 0.29) is 12.1 Å². The molecule has 0 spiro atoms. The number of nitrogens with zero attached hydrogens (tertiary/aromatic N) is 1. The van der Waals surface area contributed by atoms with E-state index >= 15 is 0 Å². The normalized spacial score (nSPS) is 29.4. The lowest BCUT2D eigenvalue weighted by atomic mass is 9.96. The minimum atomic E-state index is 0.208. The van der Waals surface area contributed by atoms with Crippen molar-refractivity contribution in [2.24, 2.45) is 5.73 Å². The van der Waals surface area contributed by atoms with Gasteiger partial charge in [-0.3, -0.25) is 4.90 Å². The Balaban J connectivity index is 2.22. The first kappa shape index (κ1) is 9.74. The Morgan fingerprint density at radius 3 is 2.86 bits per heavy atom. The van der Waals surface area contributed by atoms with Crippen molar-refractivity contribution in [3.8, 4) is 0 Å². The number of furan rings is 1. The third-order valence-corrected chi connectivity index (χ3v) is 2.98. The summed E-state index contributed by atoms with van der Waals surface area (Å²) in [6.07, 6.45) is 2.28. The average Bonchev–Trinajstić information content (AvgIpc) is 2.51. The lowest BCUT2D eigenvalue weighted by Crippen LogP contribution is -2.43. The number of aryl methyl sites for hydroxylation is 1. The molecule has 2 N–H and O–H groups in total. The van der Waals surface area contributed by atoms with Crippen molar-refractivity contribution in [2.75, 3.05) is 13.6 Å². The lowest BCUT2D eigenvalue weighted by molar-refractivity contribution is 0.141. The van der Waals surface area contributed by atoms with E-state index in [9.17, 15) is 0 Å². The quantitative estimate of drug-likeness (QED) is 0.739. The Kier molecular flexibility index (Phi) is 2.61. The van der Waals surface area contributed by atoms with Crippen LogP contribution in [0.4, 0.5) is 0 Å². The maximum atomic E-state index is 6.11. The van der Waals surface area contributed by atoms with Gasteiger partial charge >= 0.3 is 0 Å². The van der Waals surface area contributed by atoms with Gasteiger partial charge in [0.1, 0.15) is 11.5 Å². The second-order valence-electron chi connectivity index (χ2n) is 4.18. The summed E-state index contributed by atoms with van der Waals surface area (Å²) >= 11 is 0. The molecule has 3 nitrogen and oxygen atoms in total. The van der Waals surface area contributed by atoms with E-state index in [1.54, 1.807) is 0 Å². The lowest BCUT2D eigenvalue weighted by Gasteiger charge is -2.35. The maximum absolute atomic E-state index is 6.11. The van der Waals surface area contributed by atoms with Crippen molar-refractivity contribution in [1.29, 1.82) is 0 Å². The Labute approximate surface area is 84.9 Å². The predicted octanol–water partition coefficient (Wildman–Crippen LogP) is 1.68. The first-order valence-corrected chi connectivity index (χ1v) is 5.20. The zero-order chi connectivity index (χ0) is 10.1. The molecule has 1 aliphatic heterocycles. The fraction of sp³-hybridized carbons (Fsp3) is 0.636. The standard InChI is InChI=1S/C11H18N2O/c1-8-5-6-10(14-8)11-9(12)4-3-7-13(11)2/h5-6,9,11H,3-4,7,12H2,1-2H3. The molecule has 0 aliphatic carbocycles. The van der Waals surface area contributed by atoms with Crippen LogP contribution in [0.2, 0.25) is 0 Å². The molecule has 1 saturated heterocycles. The van der Waals surface area contributed by atoms with Gasteiger partial charge in [-0.1, -0.05) is 0 Å². The van der Waals surface area contributed by atoms with E-state index in [1.165, 1.54) is 6.42 Å². The minimum Gasteiger partial charge on any atom is -0.465 e. The van der Waals surface area contributed by atoms with E-state index in [0.29, 0.717) is 0 Å². The largest absolute Gasteiger partial charge is 0.465 e. The monoisotopic (exact) mass is 194 g/mol. The molecule has 2 rings (SSSR count). The van der Waals surface area contributed by atoms with Crippen LogP contribution in [0.3, 0.4) is 0 Å². The van der Waals surface area contributed by atoms with Crippen LogP contribution in [0.5, 0.6) is 0 Å². The van der Waals surface area contributed by atoms with Gasteiger partial charge in [0.25, 0.3) is 0 Å². The van der Waals surface area contributed by atoms with Crippen LogP contribution in [0, 0.1) is 6.92 Å². The Bertz CT molecular complexity index is 298. The van der Waals surface area contributed by atoms with Crippen molar-refractivity contribution >= 4 is 0 Å². The fourth-order valence-corrected chi connectivity index (χ4v) is 2.24. The summed E-state index contributed by atoms with van der Waals surface area (Å²) in [5.74, 6) is 1.98. The van der Waals surface area contributed by atoms with Crippen LogP contribution in [-0.2, 0) is 0 Å². The molecule has 14 heavy (non-hydrogen) atoms. The van der Waals surface area contributed by atoms with E-state index in [2.05, 4.69) is 11.9 Å². The van der Waals surface area contributed by atoms with Gasteiger partial charge in [0.2, 0.25) is 0 Å². The average molecular weight is 194 g/mol. The highest BCUT2D eigenvalue weighted by molar-refractivity contribution is 5.12. The van der Waals surface area contributed by atoms with Gasteiger partial charge in [0, 0.05) is 6.04 Å². The smallest absolute Gasteiger partial charge is 0.122 e. The molecule has 1 aromatic rings. The van der Waals surface area contributed by atoms with E-state index in [4.69, 9.17) is 10.2 Å². The van der Waals surface area contributed by atoms with Crippen molar-refractivity contribution in [1.82, 2.24) is 4.90 Å². The molecule has 1 fully saturated rings. The molecule has 0 aromatic carbocycles. The zero-order valence-electron chi connectivity index (χ0n) is 8.86. The van der Waals surface area contributed by atoms with Gasteiger partial charge in [-0.2, -0.15) is 0 Å². The molecule has 3 heteroatoms. The van der Waals surface area contributed by atoms with Gasteiger partial charge in [0.05, 0.1) is 6.04 Å². The van der Waals surface area contributed by atoms with Crippen LogP contribution in [0.25, 0.3) is 0 Å². The van der Waals surface area contributed by atoms with Crippen molar-refractivity contribution < 1.29 is 4.42 Å². The highest BCUT2D eigenvalue weighted by Crippen LogP contribution is 2.29. The topological polar surface area (TPSA) is 42.4 Å². The molecule has 2 atom stereocenters. The van der Waals surface area contributed by atoms with Crippen LogP contribution in [0.15, 0.2) is 16.5 Å². The molecular formula is C11H18N2O. The minimum absolute atomic E-state index is 0.208. The van der Waals surface area contributed by atoms with Gasteiger partial charge in [-0.15, -0.1) is 0 Å². The van der Waals surface area contributed by atoms with Crippen LogP contribution in [0.1, 0.15) is 30.4 Å². The summed E-state index contributed by atoms with van der Waals surface area (Å²) in [6.45, 7) is 3.08. The molecular weight excluding hydrogens is 176 g/mol. The van der Waals surface area contributed by atoms with Gasteiger partial charge in [-0.25, -0.2) is 0 Å². The van der Waals surface area contributed by atoms with Crippen molar-refractivity contribution in [3.63, 3.8) is 0 Å². The summed E-state index contributed by atoms with van der Waals surface area (Å²) in [6, 6.07) is 4.52. The third-order valence-electron chi connectivity index (χ3n) is 2.98. The summed E-state index contributed by atoms with van der Waals surface area (Å²) in [4.78, 5) is 2.28. The predicted molar refractivity (Wildman–Crippen MR) is 56.0 cm³/mol. The second-order valence-corrected chi connectivity index (χ2v) is 4.18. The first-order chi connectivity index (χ1) is 6.68. The number of rotatable bonds is 1. The second kappa shape index (κ2) is 3.75. The van der Waals surface area contributed by atoms with Crippen molar-refractivity contribution in [2.45, 2.75) is 31.8 Å². The molecule has 0 radical (unpaired) electrons. The van der Waals surface area contributed by atoms with Gasteiger partial charge in [0.15, 0.2) is 0 Å². The molecule has 0 bridgehead atoms. The Morgan fingerprint density at radius 2 is 2.29 bits per heavy atom. The molecule has 78 valence electrons. The number of nitrogens with two attached hydrogens (primary N) is 1. The molecule has 0 saturated carbocycles. The molecule has 2 unspecified atom stereocenters. The highest BCUT2D eigenvalue weighted by Gasteiger charge is 2.29. The summed E-state index contributed by atoms with van der Waals surface area (Å²) in [5.41, 5.74) is 6.11. The molecule has 2 heterocycles. The number of likely N-dealkylation sites (N-methyl/N-ethyl adjacent to an activating group) is 1. The Hall–Kier alpha value is -0.800. The highest BCUT2D eigenvalue weighted by atomic mass is 16.3. The van der Waals surface area contributed by atoms with E-state index in [0.717, 1.165) is 24.5 Å². The first-order valence-electron chi connectivity index (χ1n) is 5.20. The summed E-state index contributed by atoms with van der Waals surface area (Å²) in [7, 11) is 2.11. The molecule has 1 aromatic heterocycles. The van der Waals surface area contributed by atoms with Gasteiger partial charge < -0.3 is 10.2 Å². The van der Waals surface area contributed by atoms with E-state index < -0.39 is 0 Å². The van der Waals surface area contributed by atoms with E-state index in [1.807, 2.05) is 19.1 Å². The SMILES string of the molecule is Cc1ccc(C2C(N)CCCN2C)o1. The zero-order valence-corrected chi connectivity index (χ0v) is 8.86. The summed E-state index contributed by atoms with van der Waals surface area (Å²) < 4.78 is 5.64. The van der Waals surface area contributed by atoms with Crippen LogP contribution in [-0.4, -0.2) is 24.5 Å². The number of piperidine rings is 1. The van der Waals surface area contributed by atoms with Crippen LogP contribution >= 0.6 is 0 Å². The third kappa shape index (κ3) is 1.70. The fourth-order valence-electron chi connectivity index (χ4n) is 2.24. The molecule has 0 amide bonds. The molecule has 1 aliphatic rings. The van der Waals surface area contributed by atoms with Crippen LogP contribution < -0.4 is 5.73 Å².